The summed E-state index contributed by atoms with van der Waals surface area (Å²) in [7, 11) is 1.60. The number of nitrogens with one attached hydrogen (secondary N) is 1. The van der Waals surface area contributed by atoms with Gasteiger partial charge in [0.2, 0.25) is 5.91 Å². The van der Waals surface area contributed by atoms with Crippen molar-refractivity contribution in [3.8, 4) is 5.75 Å². The van der Waals surface area contributed by atoms with Crippen molar-refractivity contribution in [3.63, 3.8) is 0 Å². The van der Waals surface area contributed by atoms with E-state index in [-0.39, 0.29) is 28.5 Å². The van der Waals surface area contributed by atoms with Gasteiger partial charge < -0.3 is 15.0 Å². The average Bonchev–Trinajstić information content (AvgIpc) is 2.89. The number of piperazine rings is 1. The lowest BCUT2D eigenvalue weighted by molar-refractivity contribution is -0.384. The Morgan fingerprint density at radius 1 is 1.11 bits per heavy atom. The van der Waals surface area contributed by atoms with E-state index in [1.807, 2.05) is 42.5 Å². The highest BCUT2D eigenvalue weighted by molar-refractivity contribution is 6.30. The molecule has 2 atom stereocenters. The first-order valence-corrected chi connectivity index (χ1v) is 12.2. The van der Waals surface area contributed by atoms with Gasteiger partial charge in [-0.15, -0.1) is 0 Å². The summed E-state index contributed by atoms with van der Waals surface area (Å²) >= 11 is 6.05. The van der Waals surface area contributed by atoms with Crippen LogP contribution in [0.15, 0.2) is 66.7 Å². The Bertz CT molecular complexity index is 1270. The second kappa shape index (κ2) is 10.2. The van der Waals surface area contributed by atoms with Gasteiger partial charge >= 0.3 is 0 Å². The molecule has 2 heterocycles. The van der Waals surface area contributed by atoms with Gasteiger partial charge in [-0.3, -0.25) is 19.8 Å². The zero-order chi connectivity index (χ0) is 25.2. The molecule has 0 aliphatic carbocycles. The molecule has 3 aromatic rings. The number of hydrogen-bond donors (Lipinski definition) is 1. The summed E-state index contributed by atoms with van der Waals surface area (Å²) in [5, 5.41) is 15.2. The summed E-state index contributed by atoms with van der Waals surface area (Å²) in [6.07, 6.45) is 0.439. The normalized spacial score (nSPS) is 19.2. The van der Waals surface area contributed by atoms with Crippen molar-refractivity contribution >= 4 is 34.6 Å². The molecular formula is C27H27ClN4O4. The van der Waals surface area contributed by atoms with Gasteiger partial charge in [-0.2, -0.15) is 0 Å². The maximum atomic E-state index is 13.6. The van der Waals surface area contributed by atoms with Crippen LogP contribution in [0.4, 0.5) is 17.1 Å². The zero-order valence-corrected chi connectivity index (χ0v) is 20.6. The number of nitro benzene ring substituents is 1. The predicted octanol–water partition coefficient (Wildman–Crippen LogP) is 4.76. The van der Waals surface area contributed by atoms with Gasteiger partial charge in [0, 0.05) is 54.7 Å². The van der Waals surface area contributed by atoms with Crippen LogP contribution in [-0.2, 0) is 17.8 Å². The molecule has 5 rings (SSSR count). The molecular weight excluding hydrogens is 480 g/mol. The number of anilines is 2. The standard InChI is InChI=1S/C27H27ClN4O4/c1-36-23-9-6-21(7-10-23)29-27(33)24-15-19-14-22(32(34)35)8-11-25(19)31-13-12-30(17-26(24)31)16-18-2-4-20(28)5-3-18/h2-11,14,24,26H,12-13,15-17H2,1H3,(H,29,33). The zero-order valence-electron chi connectivity index (χ0n) is 19.9. The summed E-state index contributed by atoms with van der Waals surface area (Å²) in [5.74, 6) is 0.249. The number of ether oxygens (including phenoxy) is 1. The fraction of sp³-hybridized carbons (Fsp3) is 0.296. The largest absolute Gasteiger partial charge is 0.497 e. The molecule has 8 nitrogen and oxygen atoms in total. The molecule has 2 aliphatic rings. The number of rotatable bonds is 6. The summed E-state index contributed by atoms with van der Waals surface area (Å²) in [4.78, 5) is 29.2. The van der Waals surface area contributed by atoms with Crippen molar-refractivity contribution in [3.05, 3.63) is 93.0 Å². The molecule has 9 heteroatoms. The molecule has 2 aliphatic heterocycles. The lowest BCUT2D eigenvalue weighted by Crippen LogP contribution is -2.60. The first-order valence-electron chi connectivity index (χ1n) is 11.9. The molecule has 2 unspecified atom stereocenters. The van der Waals surface area contributed by atoms with E-state index >= 15 is 0 Å². The number of fused-ring (bicyclic) bond motifs is 3. The summed E-state index contributed by atoms with van der Waals surface area (Å²) in [6.45, 7) is 3.03. The van der Waals surface area contributed by atoms with E-state index in [4.69, 9.17) is 16.3 Å². The van der Waals surface area contributed by atoms with Crippen LogP contribution in [-0.4, -0.2) is 48.5 Å². The van der Waals surface area contributed by atoms with Gasteiger partial charge in [0.05, 0.1) is 24.0 Å². The summed E-state index contributed by atoms with van der Waals surface area (Å²) in [5.41, 5.74) is 3.71. The Morgan fingerprint density at radius 3 is 2.56 bits per heavy atom. The van der Waals surface area contributed by atoms with E-state index in [0.717, 1.165) is 30.9 Å². The third-order valence-corrected chi connectivity index (χ3v) is 7.26. The molecule has 1 N–H and O–H groups in total. The van der Waals surface area contributed by atoms with Crippen LogP contribution in [0, 0.1) is 16.0 Å². The maximum Gasteiger partial charge on any atom is 0.269 e. The highest BCUT2D eigenvalue weighted by atomic mass is 35.5. The Morgan fingerprint density at radius 2 is 1.86 bits per heavy atom. The third-order valence-electron chi connectivity index (χ3n) is 7.00. The van der Waals surface area contributed by atoms with E-state index in [0.29, 0.717) is 29.4 Å². The molecule has 0 spiro atoms. The van der Waals surface area contributed by atoms with Gasteiger partial charge in [-0.05, 0) is 60.0 Å². The Balaban J connectivity index is 1.41. The minimum absolute atomic E-state index is 0.0443. The van der Waals surface area contributed by atoms with Crippen LogP contribution in [0.2, 0.25) is 5.02 Å². The van der Waals surface area contributed by atoms with Crippen molar-refractivity contribution in [2.75, 3.05) is 37.0 Å². The lowest BCUT2D eigenvalue weighted by Gasteiger charge is -2.49. The first kappa shape index (κ1) is 24.1. The van der Waals surface area contributed by atoms with Gasteiger partial charge in [0.15, 0.2) is 0 Å². The lowest BCUT2D eigenvalue weighted by atomic mass is 9.83. The number of methoxy groups -OCH3 is 1. The van der Waals surface area contributed by atoms with Gasteiger partial charge in [0.1, 0.15) is 5.75 Å². The predicted molar refractivity (Wildman–Crippen MR) is 140 cm³/mol. The topological polar surface area (TPSA) is 87.9 Å². The molecule has 3 aromatic carbocycles. The number of non-ortho nitro benzene ring substituents is 1. The summed E-state index contributed by atoms with van der Waals surface area (Å²) in [6, 6.07) is 20.0. The molecule has 186 valence electrons. The van der Waals surface area contributed by atoms with Crippen LogP contribution in [0.25, 0.3) is 0 Å². The Kier molecular flexibility index (Phi) is 6.80. The molecule has 0 radical (unpaired) electrons. The molecule has 0 bridgehead atoms. The van der Waals surface area contributed by atoms with E-state index in [1.54, 1.807) is 31.4 Å². The minimum Gasteiger partial charge on any atom is -0.497 e. The van der Waals surface area contributed by atoms with Crippen molar-refractivity contribution in [1.82, 2.24) is 4.90 Å². The van der Waals surface area contributed by atoms with Gasteiger partial charge in [0.25, 0.3) is 5.69 Å². The first-order chi connectivity index (χ1) is 17.4. The number of carbonyl (C=O) groups is 1. The van der Waals surface area contributed by atoms with Gasteiger partial charge in [-0.1, -0.05) is 23.7 Å². The monoisotopic (exact) mass is 506 g/mol. The third kappa shape index (κ3) is 5.01. The SMILES string of the molecule is COc1ccc(NC(=O)C2Cc3cc([N+](=O)[O-])ccc3N3CCN(Cc4ccc(Cl)cc4)CC23)cc1. The van der Waals surface area contributed by atoms with Crippen LogP contribution in [0.5, 0.6) is 5.75 Å². The van der Waals surface area contributed by atoms with E-state index in [1.165, 1.54) is 5.56 Å². The molecule has 36 heavy (non-hydrogen) atoms. The van der Waals surface area contributed by atoms with Crippen molar-refractivity contribution in [2.24, 2.45) is 5.92 Å². The highest BCUT2D eigenvalue weighted by Crippen LogP contribution is 2.38. The van der Waals surface area contributed by atoms with Crippen molar-refractivity contribution in [2.45, 2.75) is 19.0 Å². The fourth-order valence-electron chi connectivity index (χ4n) is 5.18. The number of nitro groups is 1. The molecule has 1 fully saturated rings. The Hall–Kier alpha value is -3.62. The molecule has 0 saturated carbocycles. The number of amides is 1. The highest BCUT2D eigenvalue weighted by Gasteiger charge is 2.42. The summed E-state index contributed by atoms with van der Waals surface area (Å²) < 4.78 is 5.21. The number of nitrogens with zero attached hydrogens (tertiary/aromatic N) is 3. The fourth-order valence-corrected chi connectivity index (χ4v) is 5.31. The van der Waals surface area contributed by atoms with E-state index in [2.05, 4.69) is 15.1 Å². The van der Waals surface area contributed by atoms with Gasteiger partial charge in [-0.25, -0.2) is 0 Å². The number of benzene rings is 3. The smallest absolute Gasteiger partial charge is 0.269 e. The second-order valence-electron chi connectivity index (χ2n) is 9.22. The average molecular weight is 507 g/mol. The quantitative estimate of drug-likeness (QED) is 0.383. The molecule has 0 aromatic heterocycles. The van der Waals surface area contributed by atoms with Crippen molar-refractivity contribution < 1.29 is 14.5 Å². The van der Waals surface area contributed by atoms with E-state index < -0.39 is 0 Å². The number of carbonyl (C=O) groups excluding carboxylic acids is 1. The Labute approximate surface area is 214 Å². The van der Waals surface area contributed by atoms with Crippen LogP contribution in [0.1, 0.15) is 11.1 Å². The molecule has 1 amide bonds. The van der Waals surface area contributed by atoms with Crippen molar-refractivity contribution in [1.29, 1.82) is 0 Å². The van der Waals surface area contributed by atoms with Crippen LogP contribution < -0.4 is 15.0 Å². The van der Waals surface area contributed by atoms with Crippen LogP contribution >= 0.6 is 11.6 Å². The minimum atomic E-state index is -0.386. The van der Waals surface area contributed by atoms with Crippen LogP contribution in [0.3, 0.4) is 0 Å². The molecule has 1 saturated heterocycles. The number of hydrogen-bond acceptors (Lipinski definition) is 6. The second-order valence-corrected chi connectivity index (χ2v) is 9.66. The number of halogens is 1. The maximum absolute atomic E-state index is 13.6. The van der Waals surface area contributed by atoms with E-state index in [9.17, 15) is 14.9 Å².